The van der Waals surface area contributed by atoms with Gasteiger partial charge in [-0.05, 0) is 50.3 Å². The Morgan fingerprint density at radius 3 is 2.90 bits per heavy atom. The second-order valence-corrected chi connectivity index (χ2v) is 6.17. The predicted octanol–water partition coefficient (Wildman–Crippen LogP) is 3.70. The monoisotopic (exact) mass is 282 g/mol. The van der Waals surface area contributed by atoms with Crippen molar-refractivity contribution >= 4 is 5.78 Å². The van der Waals surface area contributed by atoms with Crippen LogP contribution >= 0.6 is 0 Å². The molecule has 0 saturated heterocycles. The Labute approximate surface area is 126 Å². The summed E-state index contributed by atoms with van der Waals surface area (Å²) in [6, 6.07) is 10.7. The van der Waals surface area contributed by atoms with Gasteiger partial charge in [-0.3, -0.25) is 9.48 Å². The maximum absolute atomic E-state index is 12.7. The van der Waals surface area contributed by atoms with Gasteiger partial charge in [0.1, 0.15) is 5.78 Å². The highest BCUT2D eigenvalue weighted by molar-refractivity contribution is 5.87. The van der Waals surface area contributed by atoms with Crippen molar-refractivity contribution in [3.8, 4) is 0 Å². The van der Waals surface area contributed by atoms with Crippen molar-refractivity contribution in [2.45, 2.75) is 51.5 Å². The van der Waals surface area contributed by atoms with Gasteiger partial charge in [-0.25, -0.2) is 0 Å². The van der Waals surface area contributed by atoms with Gasteiger partial charge in [-0.15, -0.1) is 0 Å². The van der Waals surface area contributed by atoms with Crippen LogP contribution in [0, 0.1) is 0 Å². The van der Waals surface area contributed by atoms with Crippen LogP contribution in [0.4, 0.5) is 0 Å². The molecule has 0 saturated carbocycles. The van der Waals surface area contributed by atoms with Crippen molar-refractivity contribution in [1.82, 2.24) is 9.78 Å². The van der Waals surface area contributed by atoms with Crippen LogP contribution in [0.15, 0.2) is 36.5 Å². The van der Waals surface area contributed by atoms with Crippen LogP contribution in [0.2, 0.25) is 0 Å². The average Bonchev–Trinajstić information content (AvgIpc) is 2.95. The molecule has 1 heterocycles. The Bertz CT molecular complexity index is 642. The Morgan fingerprint density at radius 2 is 2.14 bits per heavy atom. The van der Waals surface area contributed by atoms with Gasteiger partial charge in [0, 0.05) is 18.2 Å². The molecule has 3 heteroatoms. The molecule has 0 radical (unpaired) electrons. The fraction of sp³-hybridized carbons (Fsp3) is 0.444. The van der Waals surface area contributed by atoms with E-state index in [2.05, 4.69) is 37.1 Å². The molecular formula is C18H22N2O. The zero-order valence-corrected chi connectivity index (χ0v) is 12.7. The SMILES string of the molecule is CC(C)n1ccc(CC(=O)C2CCCc3ccccc32)n1. The summed E-state index contributed by atoms with van der Waals surface area (Å²) < 4.78 is 1.91. The van der Waals surface area contributed by atoms with E-state index in [1.54, 1.807) is 0 Å². The van der Waals surface area contributed by atoms with Crippen LogP contribution in [-0.2, 0) is 17.6 Å². The lowest BCUT2D eigenvalue weighted by Crippen LogP contribution is -2.20. The quantitative estimate of drug-likeness (QED) is 0.857. The molecule has 3 rings (SSSR count). The number of rotatable bonds is 4. The standard InChI is InChI=1S/C18H22N2O/c1-13(2)20-11-10-15(19-20)12-18(21)17-9-5-7-14-6-3-4-8-16(14)17/h3-4,6,8,10-11,13,17H,5,7,9,12H2,1-2H3. The number of benzene rings is 1. The molecule has 1 atom stereocenters. The van der Waals surface area contributed by atoms with Crippen molar-refractivity contribution in [3.05, 3.63) is 53.3 Å². The molecule has 0 fully saturated rings. The van der Waals surface area contributed by atoms with Gasteiger partial charge < -0.3 is 0 Å². The molecule has 21 heavy (non-hydrogen) atoms. The molecule has 1 aromatic heterocycles. The van der Waals surface area contributed by atoms with E-state index >= 15 is 0 Å². The molecule has 1 aromatic carbocycles. The van der Waals surface area contributed by atoms with Gasteiger partial charge in [-0.1, -0.05) is 24.3 Å². The molecule has 0 spiro atoms. The third-order valence-electron chi connectivity index (χ3n) is 4.31. The van der Waals surface area contributed by atoms with E-state index in [0.29, 0.717) is 18.2 Å². The maximum atomic E-state index is 12.7. The molecular weight excluding hydrogens is 260 g/mol. The summed E-state index contributed by atoms with van der Waals surface area (Å²) in [5.74, 6) is 0.357. The second kappa shape index (κ2) is 5.84. The number of aromatic nitrogens is 2. The van der Waals surface area contributed by atoms with Crippen LogP contribution in [0.25, 0.3) is 0 Å². The lowest BCUT2D eigenvalue weighted by molar-refractivity contribution is -0.120. The number of fused-ring (bicyclic) bond motifs is 1. The van der Waals surface area contributed by atoms with Crippen LogP contribution in [0.1, 0.15) is 55.5 Å². The second-order valence-electron chi connectivity index (χ2n) is 6.17. The summed E-state index contributed by atoms with van der Waals surface area (Å²) in [5.41, 5.74) is 3.46. The third-order valence-corrected chi connectivity index (χ3v) is 4.31. The topological polar surface area (TPSA) is 34.9 Å². The van der Waals surface area contributed by atoms with Gasteiger partial charge in [0.2, 0.25) is 0 Å². The third kappa shape index (κ3) is 2.92. The summed E-state index contributed by atoms with van der Waals surface area (Å²) in [7, 11) is 0. The van der Waals surface area contributed by atoms with Gasteiger partial charge >= 0.3 is 0 Å². The summed E-state index contributed by atoms with van der Waals surface area (Å²) in [6.45, 7) is 4.19. The van der Waals surface area contributed by atoms with Gasteiger partial charge in [-0.2, -0.15) is 5.10 Å². The van der Waals surface area contributed by atoms with Crippen LogP contribution < -0.4 is 0 Å². The van der Waals surface area contributed by atoms with Crippen LogP contribution in [0.3, 0.4) is 0 Å². The first kappa shape index (κ1) is 14.1. The Hall–Kier alpha value is -1.90. The van der Waals surface area contributed by atoms with E-state index in [4.69, 9.17) is 0 Å². The maximum Gasteiger partial charge on any atom is 0.146 e. The number of aryl methyl sites for hydroxylation is 1. The molecule has 110 valence electrons. The molecule has 0 bridgehead atoms. The molecule has 1 aliphatic rings. The molecule has 0 amide bonds. The molecule has 0 aliphatic heterocycles. The van der Waals surface area contributed by atoms with Crippen molar-refractivity contribution in [2.24, 2.45) is 0 Å². The fourth-order valence-corrected chi connectivity index (χ4v) is 3.15. The first-order valence-electron chi connectivity index (χ1n) is 7.79. The van der Waals surface area contributed by atoms with Crippen LogP contribution in [0.5, 0.6) is 0 Å². The average molecular weight is 282 g/mol. The van der Waals surface area contributed by atoms with Gasteiger partial charge in [0.15, 0.2) is 0 Å². The highest BCUT2D eigenvalue weighted by Crippen LogP contribution is 2.32. The van der Waals surface area contributed by atoms with E-state index in [-0.39, 0.29) is 5.92 Å². The number of carbonyl (C=O) groups excluding carboxylic acids is 1. The predicted molar refractivity (Wildman–Crippen MR) is 83.4 cm³/mol. The summed E-state index contributed by atoms with van der Waals surface area (Å²) in [4.78, 5) is 12.7. The summed E-state index contributed by atoms with van der Waals surface area (Å²) >= 11 is 0. The van der Waals surface area contributed by atoms with Gasteiger partial charge in [0.05, 0.1) is 12.1 Å². The number of hydrogen-bond acceptors (Lipinski definition) is 2. The minimum Gasteiger partial charge on any atom is -0.299 e. The molecule has 2 aromatic rings. The van der Waals surface area contributed by atoms with E-state index in [0.717, 1.165) is 25.0 Å². The highest BCUT2D eigenvalue weighted by atomic mass is 16.1. The highest BCUT2D eigenvalue weighted by Gasteiger charge is 2.26. The molecule has 3 nitrogen and oxygen atoms in total. The fourth-order valence-electron chi connectivity index (χ4n) is 3.15. The summed E-state index contributed by atoms with van der Waals surface area (Å²) in [6.07, 6.45) is 5.58. The first-order valence-corrected chi connectivity index (χ1v) is 7.79. The number of nitrogens with zero attached hydrogens (tertiary/aromatic N) is 2. The normalized spacial score (nSPS) is 17.8. The largest absolute Gasteiger partial charge is 0.299 e. The minimum atomic E-state index is 0.0548. The van der Waals surface area contributed by atoms with Crippen molar-refractivity contribution < 1.29 is 4.79 Å². The smallest absolute Gasteiger partial charge is 0.146 e. The van der Waals surface area contributed by atoms with Crippen molar-refractivity contribution in [1.29, 1.82) is 0 Å². The molecule has 1 unspecified atom stereocenters. The number of hydrogen-bond donors (Lipinski definition) is 0. The number of Topliss-reactive ketones (excluding diaryl/α,β-unsaturated/α-hetero) is 1. The van der Waals surface area contributed by atoms with E-state index in [9.17, 15) is 4.79 Å². The van der Waals surface area contributed by atoms with Crippen molar-refractivity contribution in [3.63, 3.8) is 0 Å². The van der Waals surface area contributed by atoms with E-state index in [1.165, 1.54) is 11.1 Å². The minimum absolute atomic E-state index is 0.0548. The lowest BCUT2D eigenvalue weighted by atomic mass is 9.79. The number of carbonyl (C=O) groups is 1. The Kier molecular flexibility index (Phi) is 3.91. The zero-order valence-electron chi connectivity index (χ0n) is 12.7. The van der Waals surface area contributed by atoms with Gasteiger partial charge in [0.25, 0.3) is 0 Å². The number of ketones is 1. The molecule has 1 aliphatic carbocycles. The van der Waals surface area contributed by atoms with E-state index < -0.39 is 0 Å². The summed E-state index contributed by atoms with van der Waals surface area (Å²) in [5, 5.41) is 4.50. The van der Waals surface area contributed by atoms with Crippen LogP contribution in [-0.4, -0.2) is 15.6 Å². The zero-order chi connectivity index (χ0) is 14.8. The first-order chi connectivity index (χ1) is 10.1. The molecule has 0 N–H and O–H groups in total. The Balaban J connectivity index is 1.77. The lowest BCUT2D eigenvalue weighted by Gasteiger charge is -2.24. The van der Waals surface area contributed by atoms with E-state index in [1.807, 2.05) is 23.0 Å². The Morgan fingerprint density at radius 1 is 1.33 bits per heavy atom. The van der Waals surface area contributed by atoms with Crippen molar-refractivity contribution in [2.75, 3.05) is 0 Å².